The average molecular weight is 560 g/mol. The van der Waals surface area contributed by atoms with Crippen LogP contribution in [0.15, 0.2) is 54.7 Å². The van der Waals surface area contributed by atoms with Gasteiger partial charge in [0.1, 0.15) is 17.9 Å². The van der Waals surface area contributed by atoms with E-state index in [2.05, 4.69) is 44.6 Å². The lowest BCUT2D eigenvalue weighted by Gasteiger charge is -2.34. The molecule has 41 heavy (non-hydrogen) atoms. The first-order chi connectivity index (χ1) is 20.0. The van der Waals surface area contributed by atoms with Crippen molar-refractivity contribution in [3.05, 3.63) is 60.5 Å². The van der Waals surface area contributed by atoms with Gasteiger partial charge < -0.3 is 30.4 Å². The number of rotatable bonds is 7. The van der Waals surface area contributed by atoms with Crippen molar-refractivity contribution in [1.29, 1.82) is 0 Å². The summed E-state index contributed by atoms with van der Waals surface area (Å²) in [6.07, 6.45) is 3.26. The Balaban J connectivity index is 1.29. The van der Waals surface area contributed by atoms with Crippen LogP contribution in [0, 0.1) is 5.82 Å². The molecule has 0 spiro atoms. The van der Waals surface area contributed by atoms with E-state index >= 15 is 0 Å². The zero-order chi connectivity index (χ0) is 28.3. The van der Waals surface area contributed by atoms with Gasteiger partial charge in [0.2, 0.25) is 17.8 Å². The molecule has 0 bridgehead atoms. The topological polar surface area (TPSA) is 115 Å². The van der Waals surface area contributed by atoms with Gasteiger partial charge in [-0.25, -0.2) is 14.4 Å². The second kappa shape index (κ2) is 11.7. The molecule has 2 aromatic carbocycles. The van der Waals surface area contributed by atoms with Crippen LogP contribution < -0.4 is 15.5 Å². The number of piperidine rings is 1. The average Bonchev–Trinajstić information content (AvgIpc) is 3.36. The molecule has 2 saturated heterocycles. The second-order valence-corrected chi connectivity index (χ2v) is 10.6. The standard InChI is InChI=1S/C29H34FN9O2/c1-36-13-15-37(16-14-36)23-10-8-21(9-11-23)32-28-31-17-25-27(35-28)39(24-3-2-12-38(18-24)26(41)19-40)29(34-25)33-22-6-4-20(30)5-7-22/h4-11,17,24,40H,2-3,12-16,18-19H2,1H3,(H,33,34)(H,31,32,35)/t24-/m0/s1. The van der Waals surface area contributed by atoms with Gasteiger partial charge in [-0.3, -0.25) is 9.36 Å². The van der Waals surface area contributed by atoms with Gasteiger partial charge in [-0.1, -0.05) is 0 Å². The Labute approximate surface area is 237 Å². The second-order valence-electron chi connectivity index (χ2n) is 10.6. The third-order valence-corrected chi connectivity index (χ3v) is 7.77. The van der Waals surface area contributed by atoms with Crippen LogP contribution in [0.2, 0.25) is 0 Å². The fraction of sp³-hybridized carbons (Fsp3) is 0.379. The third kappa shape index (κ3) is 5.93. The van der Waals surface area contributed by atoms with Crippen LogP contribution in [0.3, 0.4) is 0 Å². The molecular formula is C29H34FN9O2. The van der Waals surface area contributed by atoms with Crippen molar-refractivity contribution in [1.82, 2.24) is 29.3 Å². The molecule has 0 unspecified atom stereocenters. The summed E-state index contributed by atoms with van der Waals surface area (Å²) in [6, 6.07) is 14.2. The normalized spacial score (nSPS) is 18.1. The Morgan fingerprint density at radius 3 is 2.41 bits per heavy atom. The lowest BCUT2D eigenvalue weighted by Crippen LogP contribution is -2.44. The Morgan fingerprint density at radius 2 is 1.68 bits per heavy atom. The molecule has 4 heterocycles. The van der Waals surface area contributed by atoms with Crippen molar-refractivity contribution < 1.29 is 14.3 Å². The Bertz CT molecular complexity index is 1500. The van der Waals surface area contributed by atoms with Crippen LogP contribution in [0.1, 0.15) is 18.9 Å². The minimum atomic E-state index is -0.526. The number of carbonyl (C=O) groups is 1. The van der Waals surface area contributed by atoms with Gasteiger partial charge in [-0.15, -0.1) is 0 Å². The first-order valence-electron chi connectivity index (χ1n) is 13.9. The quantitative estimate of drug-likeness (QED) is 0.314. The number of aromatic nitrogens is 4. The number of halogens is 1. The highest BCUT2D eigenvalue weighted by Crippen LogP contribution is 2.32. The molecule has 4 aromatic rings. The maximum atomic E-state index is 13.5. The third-order valence-electron chi connectivity index (χ3n) is 7.77. The molecule has 2 aromatic heterocycles. The monoisotopic (exact) mass is 559 g/mol. The molecule has 0 radical (unpaired) electrons. The number of likely N-dealkylation sites (tertiary alicyclic amines) is 1. The molecule has 3 N–H and O–H groups in total. The van der Waals surface area contributed by atoms with E-state index in [4.69, 9.17) is 9.97 Å². The smallest absolute Gasteiger partial charge is 0.248 e. The first-order valence-corrected chi connectivity index (χ1v) is 13.9. The van der Waals surface area contributed by atoms with Crippen LogP contribution in [0.25, 0.3) is 11.2 Å². The van der Waals surface area contributed by atoms with Crippen molar-refractivity contribution in [3.8, 4) is 0 Å². The number of likely N-dealkylation sites (N-methyl/N-ethyl adjacent to an activating group) is 1. The molecule has 0 saturated carbocycles. The summed E-state index contributed by atoms with van der Waals surface area (Å²) in [5.74, 6) is 0.327. The lowest BCUT2D eigenvalue weighted by atomic mass is 10.1. The van der Waals surface area contributed by atoms with E-state index in [0.29, 0.717) is 41.8 Å². The van der Waals surface area contributed by atoms with Gasteiger partial charge in [0.25, 0.3) is 0 Å². The van der Waals surface area contributed by atoms with Crippen LogP contribution in [0.5, 0.6) is 0 Å². The largest absolute Gasteiger partial charge is 0.387 e. The number of nitrogens with zero attached hydrogens (tertiary/aromatic N) is 7. The number of piperazine rings is 1. The number of nitrogens with one attached hydrogen (secondary N) is 2. The highest BCUT2D eigenvalue weighted by Gasteiger charge is 2.28. The molecule has 6 rings (SSSR count). The molecule has 2 aliphatic rings. The van der Waals surface area contributed by atoms with Gasteiger partial charge >= 0.3 is 0 Å². The van der Waals surface area contributed by atoms with Gasteiger partial charge in [0.15, 0.2) is 5.65 Å². The number of aliphatic hydroxyl groups excluding tert-OH is 1. The first kappa shape index (κ1) is 26.9. The minimum Gasteiger partial charge on any atom is -0.387 e. The maximum Gasteiger partial charge on any atom is 0.248 e. The number of imidazole rings is 1. The molecule has 2 fully saturated rings. The van der Waals surface area contributed by atoms with E-state index in [1.165, 1.54) is 17.8 Å². The fourth-order valence-electron chi connectivity index (χ4n) is 5.49. The number of hydrogen-bond acceptors (Lipinski definition) is 9. The van der Waals surface area contributed by atoms with E-state index in [0.717, 1.165) is 44.7 Å². The van der Waals surface area contributed by atoms with E-state index in [1.807, 2.05) is 16.7 Å². The molecule has 1 amide bonds. The number of amides is 1. The SMILES string of the molecule is CN1CCN(c2ccc(Nc3ncc4nc(Nc5ccc(F)cc5)n([C@H]5CCCN(C(=O)CO)C5)c4n3)cc2)CC1. The summed E-state index contributed by atoms with van der Waals surface area (Å²) in [6.45, 7) is 4.59. The molecule has 214 valence electrons. The maximum absolute atomic E-state index is 13.5. The van der Waals surface area contributed by atoms with Gasteiger partial charge in [-0.05, 0) is 68.4 Å². The van der Waals surface area contributed by atoms with Crippen LogP contribution in [-0.2, 0) is 4.79 Å². The Hall–Kier alpha value is -4.29. The summed E-state index contributed by atoms with van der Waals surface area (Å²) in [5.41, 5.74) is 3.94. The molecule has 2 aliphatic heterocycles. The zero-order valence-corrected chi connectivity index (χ0v) is 23.0. The number of carbonyl (C=O) groups excluding carboxylic acids is 1. The van der Waals surface area contributed by atoms with Gasteiger partial charge in [-0.2, -0.15) is 4.98 Å². The van der Waals surface area contributed by atoms with E-state index in [1.54, 1.807) is 23.2 Å². The van der Waals surface area contributed by atoms with Crippen LogP contribution >= 0.6 is 0 Å². The number of benzene rings is 2. The predicted octanol–water partition coefficient (Wildman–Crippen LogP) is 3.36. The van der Waals surface area contributed by atoms with Crippen LogP contribution in [-0.4, -0.2) is 93.3 Å². The Morgan fingerprint density at radius 1 is 0.976 bits per heavy atom. The predicted molar refractivity (Wildman–Crippen MR) is 156 cm³/mol. The molecule has 0 aliphatic carbocycles. The molecule has 12 heteroatoms. The molecular weight excluding hydrogens is 525 g/mol. The van der Waals surface area contributed by atoms with Crippen LogP contribution in [0.4, 0.5) is 33.3 Å². The number of fused-ring (bicyclic) bond motifs is 1. The van der Waals surface area contributed by atoms with Crippen molar-refractivity contribution in [2.75, 3.05) is 68.5 Å². The minimum absolute atomic E-state index is 0.127. The van der Waals surface area contributed by atoms with E-state index < -0.39 is 6.61 Å². The van der Waals surface area contributed by atoms with Crippen molar-refractivity contribution in [2.45, 2.75) is 18.9 Å². The summed E-state index contributed by atoms with van der Waals surface area (Å²) >= 11 is 0. The summed E-state index contributed by atoms with van der Waals surface area (Å²) < 4.78 is 15.5. The molecule has 11 nitrogen and oxygen atoms in total. The highest BCUT2D eigenvalue weighted by molar-refractivity contribution is 5.78. The number of hydrogen-bond donors (Lipinski definition) is 3. The van der Waals surface area contributed by atoms with Gasteiger partial charge in [0, 0.05) is 56.3 Å². The lowest BCUT2D eigenvalue weighted by molar-refractivity contribution is -0.135. The number of aliphatic hydroxyl groups is 1. The van der Waals surface area contributed by atoms with E-state index in [9.17, 15) is 14.3 Å². The van der Waals surface area contributed by atoms with Crippen molar-refractivity contribution >= 4 is 46.0 Å². The Kier molecular flexibility index (Phi) is 7.66. The highest BCUT2D eigenvalue weighted by atomic mass is 19.1. The van der Waals surface area contributed by atoms with E-state index in [-0.39, 0.29) is 17.8 Å². The van der Waals surface area contributed by atoms with Crippen molar-refractivity contribution in [2.24, 2.45) is 0 Å². The van der Waals surface area contributed by atoms with Crippen molar-refractivity contribution in [3.63, 3.8) is 0 Å². The fourth-order valence-corrected chi connectivity index (χ4v) is 5.49. The summed E-state index contributed by atoms with van der Waals surface area (Å²) in [4.78, 5) is 32.8. The molecule has 1 atom stereocenters. The van der Waals surface area contributed by atoms with Gasteiger partial charge in [0.05, 0.1) is 12.2 Å². The summed E-state index contributed by atoms with van der Waals surface area (Å²) in [7, 11) is 2.15. The number of anilines is 5. The summed E-state index contributed by atoms with van der Waals surface area (Å²) in [5, 5.41) is 16.0. The zero-order valence-electron chi connectivity index (χ0n) is 23.0.